The van der Waals surface area contributed by atoms with Crippen molar-refractivity contribution in [2.75, 3.05) is 33.2 Å². The van der Waals surface area contributed by atoms with Crippen LogP contribution in [-0.2, 0) is 0 Å². The van der Waals surface area contributed by atoms with Gasteiger partial charge in [0.15, 0.2) is 0 Å². The van der Waals surface area contributed by atoms with Gasteiger partial charge in [-0.25, -0.2) is 9.07 Å². The molecule has 0 unspecified atom stereocenters. The minimum atomic E-state index is -0.287. The summed E-state index contributed by atoms with van der Waals surface area (Å²) in [5.74, 6) is -0.251. The Balaban J connectivity index is 1.91. The van der Waals surface area contributed by atoms with Crippen molar-refractivity contribution in [3.8, 4) is 5.69 Å². The molecule has 128 valence electrons. The fourth-order valence-electron chi connectivity index (χ4n) is 3.19. The van der Waals surface area contributed by atoms with Crippen molar-refractivity contribution < 1.29 is 9.18 Å². The van der Waals surface area contributed by atoms with Crippen LogP contribution in [0.25, 0.3) is 5.69 Å². The lowest BCUT2D eigenvalue weighted by atomic mass is 10.1. The first-order chi connectivity index (χ1) is 11.5. The third kappa shape index (κ3) is 3.19. The first kappa shape index (κ1) is 16.6. The van der Waals surface area contributed by atoms with Crippen LogP contribution in [0.5, 0.6) is 0 Å². The Morgan fingerprint density at radius 3 is 2.50 bits per heavy atom. The normalized spacial score (nSPS) is 16.2. The van der Waals surface area contributed by atoms with Crippen LogP contribution in [0, 0.1) is 19.7 Å². The van der Waals surface area contributed by atoms with E-state index in [4.69, 9.17) is 0 Å². The average molecular weight is 330 g/mol. The van der Waals surface area contributed by atoms with E-state index < -0.39 is 0 Å². The first-order valence-corrected chi connectivity index (χ1v) is 8.27. The Bertz CT molecular complexity index is 738. The van der Waals surface area contributed by atoms with E-state index in [1.165, 1.54) is 12.1 Å². The van der Waals surface area contributed by atoms with Gasteiger partial charge in [0, 0.05) is 19.6 Å². The molecule has 24 heavy (non-hydrogen) atoms. The zero-order valence-electron chi connectivity index (χ0n) is 14.4. The Morgan fingerprint density at radius 2 is 1.79 bits per heavy atom. The molecule has 0 aliphatic carbocycles. The minimum Gasteiger partial charge on any atom is -0.337 e. The number of rotatable bonds is 2. The van der Waals surface area contributed by atoms with Gasteiger partial charge in [0.05, 0.1) is 22.6 Å². The molecule has 1 aliphatic heterocycles. The monoisotopic (exact) mass is 330 g/mol. The number of benzene rings is 1. The van der Waals surface area contributed by atoms with Crippen molar-refractivity contribution >= 4 is 5.91 Å². The molecule has 0 radical (unpaired) electrons. The number of likely N-dealkylation sites (N-methyl/N-ethyl adjacent to an activating group) is 1. The van der Waals surface area contributed by atoms with E-state index in [2.05, 4.69) is 17.0 Å². The lowest BCUT2D eigenvalue weighted by molar-refractivity contribution is 0.0761. The summed E-state index contributed by atoms with van der Waals surface area (Å²) in [4.78, 5) is 17.2. The van der Waals surface area contributed by atoms with E-state index in [1.54, 1.807) is 16.8 Å². The van der Waals surface area contributed by atoms with E-state index in [0.29, 0.717) is 11.3 Å². The van der Waals surface area contributed by atoms with Gasteiger partial charge in [-0.2, -0.15) is 5.10 Å². The molecule has 1 saturated heterocycles. The summed E-state index contributed by atoms with van der Waals surface area (Å²) in [6.45, 7) is 7.14. The van der Waals surface area contributed by atoms with Gasteiger partial charge in [0.2, 0.25) is 0 Å². The first-order valence-electron chi connectivity index (χ1n) is 8.27. The number of aryl methyl sites for hydroxylation is 1. The molecular weight excluding hydrogens is 307 g/mol. The minimum absolute atomic E-state index is 0.0358. The van der Waals surface area contributed by atoms with Crippen molar-refractivity contribution in [3.05, 3.63) is 47.0 Å². The Hall–Kier alpha value is -2.21. The summed E-state index contributed by atoms with van der Waals surface area (Å²) in [7, 11) is 2.08. The van der Waals surface area contributed by atoms with Gasteiger partial charge < -0.3 is 9.80 Å². The maximum Gasteiger partial charge on any atom is 0.257 e. The fraction of sp³-hybridized carbons (Fsp3) is 0.444. The Kier molecular flexibility index (Phi) is 4.66. The SMILES string of the molecule is Cc1nn(-c2ccc(F)cc2)c(C)c1C(=O)N1CCCN(C)CC1. The van der Waals surface area contributed by atoms with Crippen molar-refractivity contribution in [2.24, 2.45) is 0 Å². The molecule has 0 N–H and O–H groups in total. The number of halogens is 1. The van der Waals surface area contributed by atoms with Gasteiger partial charge in [-0.15, -0.1) is 0 Å². The molecule has 2 heterocycles. The molecule has 0 saturated carbocycles. The highest BCUT2D eigenvalue weighted by Gasteiger charge is 2.25. The number of amides is 1. The van der Waals surface area contributed by atoms with Crippen LogP contribution in [-0.4, -0.2) is 58.7 Å². The predicted molar refractivity (Wildman–Crippen MR) is 91.0 cm³/mol. The topological polar surface area (TPSA) is 41.4 Å². The molecule has 1 aliphatic rings. The van der Waals surface area contributed by atoms with Gasteiger partial charge in [-0.3, -0.25) is 4.79 Å². The number of hydrogen-bond donors (Lipinski definition) is 0. The Morgan fingerprint density at radius 1 is 1.08 bits per heavy atom. The van der Waals surface area contributed by atoms with E-state index in [1.807, 2.05) is 18.7 Å². The third-order valence-electron chi connectivity index (χ3n) is 4.58. The number of aromatic nitrogens is 2. The van der Waals surface area contributed by atoms with E-state index in [0.717, 1.165) is 44.0 Å². The molecule has 0 spiro atoms. The highest BCUT2D eigenvalue weighted by atomic mass is 19.1. The summed E-state index contributed by atoms with van der Waals surface area (Å²) in [6, 6.07) is 6.14. The van der Waals surface area contributed by atoms with Gasteiger partial charge >= 0.3 is 0 Å². The maximum absolute atomic E-state index is 13.1. The average Bonchev–Trinajstić information content (AvgIpc) is 2.72. The Labute approximate surface area is 141 Å². The van der Waals surface area contributed by atoms with E-state index in [-0.39, 0.29) is 11.7 Å². The summed E-state index contributed by atoms with van der Waals surface area (Å²) in [6.07, 6.45) is 0.979. The standard InChI is InChI=1S/C18H23FN4O/c1-13-17(18(24)22-10-4-9-21(3)11-12-22)14(2)23(20-13)16-7-5-15(19)6-8-16/h5-8H,4,9-12H2,1-3H3. The number of nitrogens with zero attached hydrogens (tertiary/aromatic N) is 4. The second-order valence-electron chi connectivity index (χ2n) is 6.38. The summed E-state index contributed by atoms with van der Waals surface area (Å²) < 4.78 is 14.8. The summed E-state index contributed by atoms with van der Waals surface area (Å²) in [5.41, 5.74) is 2.91. The van der Waals surface area contributed by atoms with E-state index >= 15 is 0 Å². The quantitative estimate of drug-likeness (QED) is 0.849. The molecule has 3 rings (SSSR count). The fourth-order valence-corrected chi connectivity index (χ4v) is 3.19. The molecule has 2 aromatic rings. The number of hydrogen-bond acceptors (Lipinski definition) is 3. The van der Waals surface area contributed by atoms with Gasteiger partial charge in [0.25, 0.3) is 5.91 Å². The smallest absolute Gasteiger partial charge is 0.257 e. The lowest BCUT2D eigenvalue weighted by Gasteiger charge is -2.20. The van der Waals surface area contributed by atoms with Crippen LogP contribution < -0.4 is 0 Å². The molecule has 1 aromatic heterocycles. The van der Waals surface area contributed by atoms with Crippen molar-refractivity contribution in [1.82, 2.24) is 19.6 Å². The van der Waals surface area contributed by atoms with Crippen LogP contribution in [0.3, 0.4) is 0 Å². The maximum atomic E-state index is 13.1. The highest BCUT2D eigenvalue weighted by Crippen LogP contribution is 2.20. The van der Waals surface area contributed by atoms with Crippen molar-refractivity contribution in [1.29, 1.82) is 0 Å². The zero-order chi connectivity index (χ0) is 17.3. The van der Waals surface area contributed by atoms with Gasteiger partial charge in [-0.1, -0.05) is 0 Å². The van der Waals surface area contributed by atoms with Crippen LogP contribution in [0.4, 0.5) is 4.39 Å². The largest absolute Gasteiger partial charge is 0.337 e. The second kappa shape index (κ2) is 6.73. The van der Waals surface area contributed by atoms with E-state index in [9.17, 15) is 9.18 Å². The van der Waals surface area contributed by atoms with Gasteiger partial charge in [-0.05, 0) is 58.1 Å². The van der Waals surface area contributed by atoms with Crippen LogP contribution in [0.2, 0.25) is 0 Å². The highest BCUT2D eigenvalue weighted by molar-refractivity contribution is 5.96. The van der Waals surface area contributed by atoms with Crippen LogP contribution >= 0.6 is 0 Å². The predicted octanol–water partition coefficient (Wildman–Crippen LogP) is 2.41. The summed E-state index contributed by atoms with van der Waals surface area (Å²) in [5, 5.41) is 4.50. The van der Waals surface area contributed by atoms with Crippen LogP contribution in [0.1, 0.15) is 28.2 Å². The molecule has 6 heteroatoms. The molecule has 5 nitrogen and oxygen atoms in total. The third-order valence-corrected chi connectivity index (χ3v) is 4.58. The second-order valence-corrected chi connectivity index (χ2v) is 6.38. The number of carbonyl (C=O) groups excluding carboxylic acids is 1. The summed E-state index contributed by atoms with van der Waals surface area (Å²) >= 11 is 0. The van der Waals surface area contributed by atoms with Crippen molar-refractivity contribution in [3.63, 3.8) is 0 Å². The molecule has 1 amide bonds. The molecule has 1 fully saturated rings. The van der Waals surface area contributed by atoms with Crippen LogP contribution in [0.15, 0.2) is 24.3 Å². The number of carbonyl (C=O) groups is 1. The molecule has 0 bridgehead atoms. The molecule has 1 aromatic carbocycles. The molecular formula is C18H23FN4O. The lowest BCUT2D eigenvalue weighted by Crippen LogP contribution is -2.35. The van der Waals surface area contributed by atoms with Crippen molar-refractivity contribution in [2.45, 2.75) is 20.3 Å². The zero-order valence-corrected chi connectivity index (χ0v) is 14.4. The van der Waals surface area contributed by atoms with Gasteiger partial charge in [0.1, 0.15) is 5.82 Å². The molecule has 0 atom stereocenters.